The van der Waals surface area contributed by atoms with Crippen LogP contribution in [0.5, 0.6) is 11.5 Å². The van der Waals surface area contributed by atoms with Crippen LogP contribution in [0.3, 0.4) is 0 Å². The van der Waals surface area contributed by atoms with Crippen molar-refractivity contribution in [3.63, 3.8) is 0 Å². The monoisotopic (exact) mass is 433 g/mol. The maximum atomic E-state index is 12.7. The highest BCUT2D eigenvalue weighted by Crippen LogP contribution is 2.37. The second kappa shape index (κ2) is 8.80. The summed E-state index contributed by atoms with van der Waals surface area (Å²) in [6.07, 6.45) is 4.01. The highest BCUT2D eigenvalue weighted by Gasteiger charge is 2.21. The van der Waals surface area contributed by atoms with Gasteiger partial charge in [-0.3, -0.25) is 0 Å². The molecule has 0 aliphatic heterocycles. The van der Waals surface area contributed by atoms with Crippen molar-refractivity contribution < 1.29 is 14.3 Å². The van der Waals surface area contributed by atoms with Gasteiger partial charge in [-0.25, -0.2) is 4.79 Å². The summed E-state index contributed by atoms with van der Waals surface area (Å²) in [4.78, 5) is 13.9. The molecule has 8 heteroatoms. The number of rotatable bonds is 6. The topological polar surface area (TPSA) is 64.5 Å². The molecule has 0 unspecified atom stereocenters. The third kappa shape index (κ3) is 4.36. The van der Waals surface area contributed by atoms with Gasteiger partial charge in [0.1, 0.15) is 16.5 Å². The van der Waals surface area contributed by atoms with E-state index < -0.39 is 0 Å². The minimum absolute atomic E-state index is 0.197. The molecule has 1 atom stereocenters. The molecule has 6 nitrogen and oxygen atoms in total. The van der Waals surface area contributed by atoms with Crippen molar-refractivity contribution >= 4 is 34.7 Å². The van der Waals surface area contributed by atoms with Crippen molar-refractivity contribution in [3.05, 3.63) is 57.7 Å². The van der Waals surface area contributed by atoms with Gasteiger partial charge in [-0.15, -0.1) is 11.3 Å². The summed E-state index contributed by atoms with van der Waals surface area (Å²) < 4.78 is 12.6. The van der Waals surface area contributed by atoms with Gasteiger partial charge in [0.15, 0.2) is 0 Å². The number of halogens is 1. The number of ether oxygens (including phenoxy) is 2. The molecule has 0 aliphatic carbocycles. The first-order valence-electron chi connectivity index (χ1n) is 9.08. The number of carbonyl (C=O) groups excluding carboxylic acids is 1. The van der Waals surface area contributed by atoms with Gasteiger partial charge in [-0.2, -0.15) is 0 Å². The van der Waals surface area contributed by atoms with Gasteiger partial charge < -0.3 is 24.7 Å². The molecule has 3 aromatic rings. The van der Waals surface area contributed by atoms with Gasteiger partial charge in [-0.1, -0.05) is 11.6 Å². The van der Waals surface area contributed by atoms with Crippen LogP contribution in [0.2, 0.25) is 5.02 Å². The predicted octanol–water partition coefficient (Wildman–Crippen LogP) is 5.71. The molecule has 3 rings (SSSR count). The highest BCUT2D eigenvalue weighted by molar-refractivity contribution is 7.14. The number of aromatic nitrogens is 1. The van der Waals surface area contributed by atoms with Crippen LogP contribution in [0, 0.1) is 13.8 Å². The molecular weight excluding hydrogens is 410 g/mol. The largest absolute Gasteiger partial charge is 0.495 e. The van der Waals surface area contributed by atoms with E-state index in [1.165, 1.54) is 24.7 Å². The number of nitrogens with one attached hydrogen (secondary N) is 2. The van der Waals surface area contributed by atoms with E-state index in [-0.39, 0.29) is 12.1 Å². The average molecular weight is 434 g/mol. The Kier molecular flexibility index (Phi) is 6.39. The van der Waals surface area contributed by atoms with Crippen LogP contribution in [0.15, 0.2) is 36.7 Å². The molecule has 0 saturated heterocycles. The lowest BCUT2D eigenvalue weighted by molar-refractivity contribution is 0.249. The van der Waals surface area contributed by atoms with Gasteiger partial charge in [0, 0.05) is 28.9 Å². The van der Waals surface area contributed by atoms with Crippen molar-refractivity contribution in [1.29, 1.82) is 0 Å². The fraction of sp³-hybridized carbons (Fsp3) is 0.286. The Hall–Kier alpha value is -2.64. The molecule has 0 aliphatic rings. The van der Waals surface area contributed by atoms with Crippen LogP contribution in [0.4, 0.5) is 10.5 Å². The normalized spacial score (nSPS) is 11.8. The maximum absolute atomic E-state index is 12.7. The molecule has 1 aromatic carbocycles. The Labute approximate surface area is 179 Å². The lowest BCUT2D eigenvalue weighted by atomic mass is 10.1. The summed E-state index contributed by atoms with van der Waals surface area (Å²) >= 11 is 7.90. The number of hydrogen-bond acceptors (Lipinski definition) is 4. The number of nitrogens with zero attached hydrogens (tertiary/aromatic N) is 1. The predicted molar refractivity (Wildman–Crippen MR) is 118 cm³/mol. The lowest BCUT2D eigenvalue weighted by Gasteiger charge is -2.19. The smallest absolute Gasteiger partial charge is 0.319 e. The Bertz CT molecular complexity index is 1010. The van der Waals surface area contributed by atoms with Gasteiger partial charge in [0.05, 0.1) is 31.0 Å². The lowest BCUT2D eigenvalue weighted by Crippen LogP contribution is -2.31. The minimum atomic E-state index is -0.348. The molecule has 2 N–H and O–H groups in total. The van der Waals surface area contributed by atoms with Crippen LogP contribution in [0.25, 0.3) is 5.00 Å². The zero-order chi connectivity index (χ0) is 21.1. The summed E-state index contributed by atoms with van der Waals surface area (Å²) in [5, 5.41) is 7.32. The Morgan fingerprint density at radius 3 is 2.41 bits per heavy atom. The number of urea groups is 1. The number of aryl methyl sites for hydroxylation is 1. The first-order valence-corrected chi connectivity index (χ1v) is 10.3. The van der Waals surface area contributed by atoms with E-state index in [1.807, 2.05) is 31.5 Å². The summed E-state index contributed by atoms with van der Waals surface area (Å²) in [6, 6.07) is 6.67. The number of anilines is 1. The zero-order valence-corrected chi connectivity index (χ0v) is 18.6. The molecule has 0 bridgehead atoms. The number of benzene rings is 1. The molecule has 154 valence electrons. The Balaban J connectivity index is 1.82. The SMILES string of the molecule is COc1cc(OC)c(NC(=O)N[C@@H](C)c2c(-n3cccc3)sc(C)c2C)cc1Cl. The summed E-state index contributed by atoms with van der Waals surface area (Å²) in [7, 11) is 3.05. The van der Waals surface area contributed by atoms with E-state index in [9.17, 15) is 4.79 Å². The zero-order valence-electron chi connectivity index (χ0n) is 17.0. The van der Waals surface area contributed by atoms with E-state index in [0.717, 1.165) is 10.6 Å². The summed E-state index contributed by atoms with van der Waals surface area (Å²) in [5.41, 5.74) is 2.74. The first kappa shape index (κ1) is 21.1. The summed E-state index contributed by atoms with van der Waals surface area (Å²) in [6.45, 7) is 6.14. The molecule has 2 amide bonds. The number of methoxy groups -OCH3 is 2. The van der Waals surface area contributed by atoms with Gasteiger partial charge in [0.25, 0.3) is 0 Å². The van der Waals surface area contributed by atoms with E-state index in [4.69, 9.17) is 21.1 Å². The van der Waals surface area contributed by atoms with Crippen molar-refractivity contribution in [2.45, 2.75) is 26.8 Å². The molecule has 29 heavy (non-hydrogen) atoms. The van der Waals surface area contributed by atoms with E-state index >= 15 is 0 Å². The van der Waals surface area contributed by atoms with E-state index in [0.29, 0.717) is 22.2 Å². The molecule has 0 fully saturated rings. The van der Waals surface area contributed by atoms with Crippen LogP contribution >= 0.6 is 22.9 Å². The Morgan fingerprint density at radius 2 is 1.79 bits per heavy atom. The van der Waals surface area contributed by atoms with E-state index in [1.54, 1.807) is 23.5 Å². The van der Waals surface area contributed by atoms with Crippen molar-refractivity contribution in [2.75, 3.05) is 19.5 Å². The number of amides is 2. The highest BCUT2D eigenvalue weighted by atomic mass is 35.5. The van der Waals surface area contributed by atoms with Crippen LogP contribution in [0.1, 0.15) is 29.0 Å². The van der Waals surface area contributed by atoms with Gasteiger partial charge >= 0.3 is 6.03 Å². The molecule has 0 radical (unpaired) electrons. The van der Waals surface area contributed by atoms with Crippen LogP contribution < -0.4 is 20.1 Å². The second-order valence-corrected chi connectivity index (χ2v) is 8.21. The van der Waals surface area contributed by atoms with Crippen LogP contribution in [-0.2, 0) is 0 Å². The minimum Gasteiger partial charge on any atom is -0.495 e. The van der Waals surface area contributed by atoms with Crippen molar-refractivity contribution in [3.8, 4) is 16.5 Å². The first-order chi connectivity index (χ1) is 13.8. The van der Waals surface area contributed by atoms with E-state index in [2.05, 4.69) is 29.0 Å². The molecule has 2 aromatic heterocycles. The third-order valence-corrected chi connectivity index (χ3v) is 6.29. The number of carbonyl (C=O) groups is 1. The molecule has 0 spiro atoms. The molecule has 0 saturated carbocycles. The van der Waals surface area contributed by atoms with Crippen molar-refractivity contribution in [2.24, 2.45) is 0 Å². The number of hydrogen-bond donors (Lipinski definition) is 2. The fourth-order valence-electron chi connectivity index (χ4n) is 3.18. The Morgan fingerprint density at radius 1 is 1.14 bits per heavy atom. The van der Waals surface area contributed by atoms with Gasteiger partial charge in [-0.05, 0) is 44.5 Å². The maximum Gasteiger partial charge on any atom is 0.319 e. The standard InChI is InChI=1S/C21H24ClN3O3S/c1-12-14(3)29-20(25-8-6-7-9-25)19(12)13(2)23-21(26)24-16-10-15(22)17(27-4)11-18(16)28-5/h6-11,13H,1-5H3,(H2,23,24,26)/t13-/m0/s1. The third-order valence-electron chi connectivity index (χ3n) is 4.75. The van der Waals surface area contributed by atoms with Crippen LogP contribution in [-0.4, -0.2) is 24.8 Å². The summed E-state index contributed by atoms with van der Waals surface area (Å²) in [5.74, 6) is 0.938. The quantitative estimate of drug-likeness (QED) is 0.523. The number of thiophene rings is 1. The van der Waals surface area contributed by atoms with Crippen molar-refractivity contribution in [1.82, 2.24) is 9.88 Å². The average Bonchev–Trinajstić information content (AvgIpc) is 3.30. The molecule has 2 heterocycles. The fourth-order valence-corrected chi connectivity index (χ4v) is 4.64. The molecular formula is C21H24ClN3O3S. The van der Waals surface area contributed by atoms with Gasteiger partial charge in [0.2, 0.25) is 0 Å². The second-order valence-electron chi connectivity index (χ2n) is 6.60.